The molecule has 1 N–H and O–H groups in total. The number of esters is 1. The number of nitrogens with one attached hydrogen (secondary N) is 1. The van der Waals surface area contributed by atoms with Gasteiger partial charge in [-0.2, -0.15) is 0 Å². The molecular formula is C30H23NO4. The summed E-state index contributed by atoms with van der Waals surface area (Å²) in [5.74, 6) is 1.52. The molecule has 0 amide bonds. The predicted octanol–water partition coefficient (Wildman–Crippen LogP) is 6.87. The highest BCUT2D eigenvalue weighted by atomic mass is 16.6. The average Bonchev–Trinajstić information content (AvgIpc) is 3.17. The molecule has 1 atom stereocenters. The van der Waals surface area contributed by atoms with Crippen molar-refractivity contribution >= 4 is 17.3 Å². The summed E-state index contributed by atoms with van der Waals surface area (Å²) in [6.07, 6.45) is 1.69. The Hall–Kier alpha value is -4.51. The molecule has 0 radical (unpaired) electrons. The van der Waals surface area contributed by atoms with Crippen LogP contribution in [0.3, 0.4) is 0 Å². The first-order valence-corrected chi connectivity index (χ1v) is 11.5. The number of para-hydroxylation sites is 1. The summed E-state index contributed by atoms with van der Waals surface area (Å²) in [5, 5.41) is 3.49. The number of ether oxygens (including phenoxy) is 3. The van der Waals surface area contributed by atoms with Gasteiger partial charge in [-0.1, -0.05) is 49.1 Å². The Labute approximate surface area is 203 Å². The maximum Gasteiger partial charge on any atom is 0.340 e. The largest absolute Gasteiger partial charge is 0.489 e. The molecule has 4 aromatic rings. The van der Waals surface area contributed by atoms with Crippen LogP contribution in [0.2, 0.25) is 0 Å². The number of hydrogen-bond donors (Lipinski definition) is 1. The summed E-state index contributed by atoms with van der Waals surface area (Å²) in [6.45, 7) is 6.12. The lowest BCUT2D eigenvalue weighted by Crippen LogP contribution is -2.33. The second kappa shape index (κ2) is 8.06. The van der Waals surface area contributed by atoms with Crippen molar-refractivity contribution in [2.45, 2.75) is 12.5 Å². The number of rotatable bonds is 5. The van der Waals surface area contributed by atoms with Gasteiger partial charge < -0.3 is 19.5 Å². The van der Waals surface area contributed by atoms with Crippen LogP contribution < -0.4 is 14.8 Å². The zero-order valence-corrected chi connectivity index (χ0v) is 19.2. The molecule has 0 fully saturated rings. The lowest BCUT2D eigenvalue weighted by Gasteiger charge is -2.37. The van der Waals surface area contributed by atoms with Crippen LogP contribution >= 0.6 is 0 Å². The smallest absolute Gasteiger partial charge is 0.340 e. The lowest BCUT2D eigenvalue weighted by molar-refractivity contribution is 0.0224. The van der Waals surface area contributed by atoms with Crippen molar-refractivity contribution in [3.8, 4) is 17.2 Å². The van der Waals surface area contributed by atoms with Gasteiger partial charge in [0.05, 0.1) is 5.56 Å². The first-order valence-electron chi connectivity index (χ1n) is 11.5. The van der Waals surface area contributed by atoms with E-state index in [1.807, 2.05) is 85.8 Å². The van der Waals surface area contributed by atoms with Gasteiger partial charge in [0.1, 0.15) is 23.9 Å². The van der Waals surface area contributed by atoms with E-state index in [9.17, 15) is 4.79 Å². The molecule has 2 heterocycles. The second-order valence-corrected chi connectivity index (χ2v) is 8.63. The van der Waals surface area contributed by atoms with Crippen molar-refractivity contribution in [2.24, 2.45) is 0 Å². The van der Waals surface area contributed by atoms with E-state index in [0.717, 1.165) is 33.6 Å². The summed E-state index contributed by atoms with van der Waals surface area (Å²) in [7, 11) is 0. The van der Waals surface area contributed by atoms with Crippen LogP contribution in [0.15, 0.2) is 97.6 Å². The van der Waals surface area contributed by atoms with E-state index in [2.05, 4.69) is 11.9 Å². The molecule has 2 aliphatic rings. The highest BCUT2D eigenvalue weighted by Gasteiger charge is 2.53. The lowest BCUT2D eigenvalue weighted by atomic mass is 9.77. The van der Waals surface area contributed by atoms with Crippen LogP contribution in [0.4, 0.5) is 11.4 Å². The number of anilines is 2. The van der Waals surface area contributed by atoms with Crippen LogP contribution in [0.1, 0.15) is 32.6 Å². The van der Waals surface area contributed by atoms with Gasteiger partial charge in [-0.05, 0) is 55.0 Å². The number of aryl methyl sites for hydroxylation is 1. The minimum Gasteiger partial charge on any atom is -0.489 e. The molecule has 5 heteroatoms. The zero-order valence-electron chi connectivity index (χ0n) is 19.2. The van der Waals surface area contributed by atoms with E-state index < -0.39 is 5.60 Å². The highest BCUT2D eigenvalue weighted by Crippen LogP contribution is 2.57. The molecule has 6 rings (SSSR count). The first-order chi connectivity index (χ1) is 17.1. The van der Waals surface area contributed by atoms with Gasteiger partial charge in [0.25, 0.3) is 0 Å². The van der Waals surface area contributed by atoms with E-state index in [1.165, 1.54) is 0 Å². The molecule has 35 heavy (non-hydrogen) atoms. The molecule has 0 aliphatic carbocycles. The number of hydrogen-bond acceptors (Lipinski definition) is 5. The number of carbonyl (C=O) groups is 1. The molecule has 0 saturated carbocycles. The Morgan fingerprint density at radius 1 is 0.914 bits per heavy atom. The number of fused-ring (bicyclic) bond motifs is 6. The molecule has 1 spiro atoms. The van der Waals surface area contributed by atoms with Crippen molar-refractivity contribution in [2.75, 3.05) is 11.9 Å². The minimum atomic E-state index is -1.13. The van der Waals surface area contributed by atoms with Crippen LogP contribution in [0, 0.1) is 6.92 Å². The van der Waals surface area contributed by atoms with E-state index >= 15 is 0 Å². The fourth-order valence-electron chi connectivity index (χ4n) is 4.86. The van der Waals surface area contributed by atoms with E-state index in [4.69, 9.17) is 14.2 Å². The fourth-order valence-corrected chi connectivity index (χ4v) is 4.86. The van der Waals surface area contributed by atoms with E-state index in [1.54, 1.807) is 12.1 Å². The summed E-state index contributed by atoms with van der Waals surface area (Å²) in [4.78, 5) is 13.1. The first kappa shape index (κ1) is 21.1. The van der Waals surface area contributed by atoms with Gasteiger partial charge in [-0.25, -0.2) is 4.79 Å². The van der Waals surface area contributed by atoms with Crippen LogP contribution in [0.25, 0.3) is 0 Å². The maximum absolute atomic E-state index is 13.1. The van der Waals surface area contributed by atoms with Crippen LogP contribution in [-0.2, 0) is 10.3 Å². The molecular weight excluding hydrogens is 438 g/mol. The zero-order chi connectivity index (χ0) is 24.0. The van der Waals surface area contributed by atoms with Gasteiger partial charge in [-0.15, -0.1) is 0 Å². The van der Waals surface area contributed by atoms with Crippen LogP contribution in [-0.4, -0.2) is 12.6 Å². The molecule has 1 unspecified atom stereocenters. The van der Waals surface area contributed by atoms with Gasteiger partial charge >= 0.3 is 5.97 Å². The highest BCUT2D eigenvalue weighted by molar-refractivity contribution is 5.97. The Kier molecular flexibility index (Phi) is 4.85. The van der Waals surface area contributed by atoms with Crippen LogP contribution in [0.5, 0.6) is 17.2 Å². The van der Waals surface area contributed by atoms with Crippen molar-refractivity contribution in [3.05, 3.63) is 125 Å². The summed E-state index contributed by atoms with van der Waals surface area (Å²) >= 11 is 0. The molecule has 172 valence electrons. The maximum atomic E-state index is 13.1. The molecule has 4 aromatic carbocycles. The molecule has 2 aliphatic heterocycles. The Morgan fingerprint density at radius 2 is 1.69 bits per heavy atom. The van der Waals surface area contributed by atoms with Gasteiger partial charge in [0.15, 0.2) is 5.60 Å². The van der Waals surface area contributed by atoms with Gasteiger partial charge in [0, 0.05) is 34.1 Å². The van der Waals surface area contributed by atoms with Crippen molar-refractivity contribution in [1.82, 2.24) is 0 Å². The van der Waals surface area contributed by atoms with Crippen molar-refractivity contribution in [1.29, 1.82) is 0 Å². The fraction of sp³-hybridized carbons (Fsp3) is 0.100. The van der Waals surface area contributed by atoms with Crippen molar-refractivity contribution < 1.29 is 19.0 Å². The molecule has 0 bridgehead atoms. The Morgan fingerprint density at radius 3 is 2.51 bits per heavy atom. The second-order valence-electron chi connectivity index (χ2n) is 8.63. The molecule has 0 saturated heterocycles. The van der Waals surface area contributed by atoms with E-state index in [0.29, 0.717) is 29.4 Å². The standard InChI is InChI=1S/C30H23NO4/c1-3-15-33-21-13-14-24-28(17-21)34-27-16-19(2)26(31-20-9-5-4-6-10-20)18-25(27)30(24)23-12-8-7-11-22(23)29(32)35-30/h3-14,16-18,31H,1,15H2,2H3. The summed E-state index contributed by atoms with van der Waals surface area (Å²) in [5.41, 5.74) is 4.62. The predicted molar refractivity (Wildman–Crippen MR) is 135 cm³/mol. The summed E-state index contributed by atoms with van der Waals surface area (Å²) < 4.78 is 18.4. The number of benzene rings is 4. The molecule has 5 nitrogen and oxygen atoms in total. The third kappa shape index (κ3) is 3.28. The van der Waals surface area contributed by atoms with Crippen molar-refractivity contribution in [3.63, 3.8) is 0 Å². The topological polar surface area (TPSA) is 56.8 Å². The van der Waals surface area contributed by atoms with E-state index in [-0.39, 0.29) is 5.97 Å². The van der Waals surface area contributed by atoms with Gasteiger partial charge in [-0.3, -0.25) is 0 Å². The third-order valence-corrected chi connectivity index (χ3v) is 6.45. The Balaban J connectivity index is 1.57. The number of carbonyl (C=O) groups excluding carboxylic acids is 1. The minimum absolute atomic E-state index is 0.357. The molecule has 0 aromatic heterocycles. The summed E-state index contributed by atoms with van der Waals surface area (Å²) in [6, 6.07) is 27.1. The average molecular weight is 462 g/mol. The normalized spacial score (nSPS) is 17.0. The third-order valence-electron chi connectivity index (χ3n) is 6.45. The SMILES string of the molecule is C=CCOc1ccc2c(c1)Oc1cc(C)c(Nc3ccccc3)cc1C21OC(=O)c2ccccc21. The van der Waals surface area contributed by atoms with Gasteiger partial charge in [0.2, 0.25) is 0 Å². The Bertz CT molecular complexity index is 1480. The quantitative estimate of drug-likeness (QED) is 0.260. The monoisotopic (exact) mass is 461 g/mol.